The van der Waals surface area contributed by atoms with E-state index in [2.05, 4.69) is 15.6 Å². The molecule has 9 heteroatoms. The predicted octanol–water partition coefficient (Wildman–Crippen LogP) is 2.43. The zero-order valence-corrected chi connectivity index (χ0v) is 16.0. The maximum Gasteiger partial charge on any atom is 0.277 e. The van der Waals surface area contributed by atoms with Gasteiger partial charge in [-0.15, -0.1) is 5.10 Å². The number of rotatable bonds is 4. The molecule has 2 heterocycles. The Balaban J connectivity index is 1.57. The molecule has 0 radical (unpaired) electrons. The van der Waals surface area contributed by atoms with Crippen LogP contribution in [0.3, 0.4) is 0 Å². The van der Waals surface area contributed by atoms with E-state index in [4.69, 9.17) is 11.6 Å². The Bertz CT molecular complexity index is 1050. The summed E-state index contributed by atoms with van der Waals surface area (Å²) in [6, 6.07) is 12.0. The van der Waals surface area contributed by atoms with Gasteiger partial charge in [0.05, 0.1) is 12.7 Å². The van der Waals surface area contributed by atoms with Crippen molar-refractivity contribution in [3.05, 3.63) is 82.4 Å². The van der Waals surface area contributed by atoms with Crippen molar-refractivity contribution in [1.82, 2.24) is 25.2 Å². The van der Waals surface area contributed by atoms with E-state index in [0.29, 0.717) is 30.2 Å². The minimum atomic E-state index is -0.856. The van der Waals surface area contributed by atoms with E-state index in [1.807, 2.05) is 18.2 Å². The third-order valence-corrected chi connectivity index (χ3v) is 5.08. The lowest BCUT2D eigenvalue weighted by atomic mass is 10.0. The third-order valence-electron chi connectivity index (χ3n) is 4.71. The highest BCUT2D eigenvalue weighted by Gasteiger charge is 2.35. The van der Waals surface area contributed by atoms with Crippen LogP contribution < -0.4 is 5.32 Å². The van der Waals surface area contributed by atoms with Gasteiger partial charge in [0.1, 0.15) is 11.9 Å². The summed E-state index contributed by atoms with van der Waals surface area (Å²) in [6.45, 7) is 1.00. The number of piperazine rings is 1. The number of hydrogen-bond donors (Lipinski definition) is 1. The molecule has 1 saturated heterocycles. The summed E-state index contributed by atoms with van der Waals surface area (Å²) in [6.07, 6.45) is 1.53. The molecule has 7 nitrogen and oxygen atoms in total. The van der Waals surface area contributed by atoms with Gasteiger partial charge >= 0.3 is 0 Å². The highest BCUT2D eigenvalue weighted by Crippen LogP contribution is 2.25. The molecular formula is C20H17ClFN5O2. The van der Waals surface area contributed by atoms with Gasteiger partial charge < -0.3 is 10.2 Å². The van der Waals surface area contributed by atoms with E-state index in [1.54, 1.807) is 6.07 Å². The predicted molar refractivity (Wildman–Crippen MR) is 104 cm³/mol. The fourth-order valence-corrected chi connectivity index (χ4v) is 3.48. The van der Waals surface area contributed by atoms with E-state index in [9.17, 15) is 14.0 Å². The second-order valence-electron chi connectivity index (χ2n) is 6.64. The molecule has 1 fully saturated rings. The number of amides is 2. The van der Waals surface area contributed by atoms with Gasteiger partial charge in [-0.05, 0) is 29.3 Å². The minimum absolute atomic E-state index is 0.124. The molecule has 1 atom stereocenters. The van der Waals surface area contributed by atoms with Crippen molar-refractivity contribution in [1.29, 1.82) is 0 Å². The zero-order valence-electron chi connectivity index (χ0n) is 15.3. The van der Waals surface area contributed by atoms with Crippen molar-refractivity contribution in [3.8, 4) is 0 Å². The Kier molecular flexibility index (Phi) is 5.26. The molecule has 1 aliphatic heterocycles. The molecule has 0 aliphatic carbocycles. The molecule has 2 aromatic carbocycles. The molecule has 1 N–H and O–H groups in total. The summed E-state index contributed by atoms with van der Waals surface area (Å²) in [5.74, 6) is -1.15. The fourth-order valence-electron chi connectivity index (χ4n) is 3.28. The smallest absolute Gasteiger partial charge is 0.277 e. The Morgan fingerprint density at radius 1 is 1.21 bits per heavy atom. The molecule has 1 aromatic heterocycles. The van der Waals surface area contributed by atoms with E-state index in [0.717, 1.165) is 5.56 Å². The van der Waals surface area contributed by atoms with Crippen LogP contribution in [0.2, 0.25) is 5.02 Å². The number of nitrogens with one attached hydrogen (secondary N) is 1. The van der Waals surface area contributed by atoms with Crippen molar-refractivity contribution >= 4 is 23.4 Å². The molecule has 0 bridgehead atoms. The number of aromatic nitrogens is 3. The maximum absolute atomic E-state index is 13.3. The van der Waals surface area contributed by atoms with Gasteiger partial charge in [0.15, 0.2) is 5.69 Å². The molecule has 0 saturated carbocycles. The van der Waals surface area contributed by atoms with Gasteiger partial charge in [0.25, 0.3) is 5.91 Å². The molecule has 0 spiro atoms. The average Bonchev–Trinajstić information content (AvgIpc) is 3.18. The first kappa shape index (κ1) is 19.1. The SMILES string of the molecule is O=C1NCCN(C(=O)c2cn(Cc3ccccc3Cl)nn2)C1c1ccc(F)cc1. The average molecular weight is 414 g/mol. The van der Waals surface area contributed by atoms with Crippen LogP contribution in [0.5, 0.6) is 0 Å². The van der Waals surface area contributed by atoms with E-state index >= 15 is 0 Å². The quantitative estimate of drug-likeness (QED) is 0.712. The van der Waals surface area contributed by atoms with Gasteiger partial charge in [0, 0.05) is 18.1 Å². The Labute approximate surface area is 171 Å². The summed E-state index contributed by atoms with van der Waals surface area (Å²) in [5, 5.41) is 11.3. The van der Waals surface area contributed by atoms with E-state index in [-0.39, 0.29) is 11.6 Å². The van der Waals surface area contributed by atoms with Gasteiger partial charge in [-0.1, -0.05) is 47.1 Å². The van der Waals surface area contributed by atoms with Crippen molar-refractivity contribution in [2.75, 3.05) is 13.1 Å². The lowest BCUT2D eigenvalue weighted by molar-refractivity contribution is -0.128. The maximum atomic E-state index is 13.3. The van der Waals surface area contributed by atoms with Crippen molar-refractivity contribution in [3.63, 3.8) is 0 Å². The zero-order chi connectivity index (χ0) is 20.4. The lowest BCUT2D eigenvalue weighted by Gasteiger charge is -2.34. The third kappa shape index (κ3) is 3.97. The van der Waals surface area contributed by atoms with E-state index in [1.165, 1.54) is 40.0 Å². The van der Waals surface area contributed by atoms with Crippen molar-refractivity contribution in [2.24, 2.45) is 0 Å². The summed E-state index contributed by atoms with van der Waals surface area (Å²) in [5.41, 5.74) is 1.50. The number of carbonyl (C=O) groups excluding carboxylic acids is 2. The second-order valence-corrected chi connectivity index (χ2v) is 7.04. The lowest BCUT2D eigenvalue weighted by Crippen LogP contribution is -2.52. The number of halogens is 2. The fraction of sp³-hybridized carbons (Fsp3) is 0.200. The van der Waals surface area contributed by atoms with Crippen molar-refractivity contribution in [2.45, 2.75) is 12.6 Å². The van der Waals surface area contributed by atoms with Gasteiger partial charge in [0.2, 0.25) is 5.91 Å². The van der Waals surface area contributed by atoms with E-state index < -0.39 is 17.8 Å². The van der Waals surface area contributed by atoms with Crippen molar-refractivity contribution < 1.29 is 14.0 Å². The van der Waals surface area contributed by atoms with Gasteiger partial charge in [-0.3, -0.25) is 9.59 Å². The molecule has 1 aliphatic rings. The van der Waals surface area contributed by atoms with Crippen LogP contribution >= 0.6 is 11.6 Å². The summed E-state index contributed by atoms with van der Waals surface area (Å²) >= 11 is 6.17. The van der Waals surface area contributed by atoms with Crippen LogP contribution in [-0.2, 0) is 11.3 Å². The molecule has 29 heavy (non-hydrogen) atoms. The molecule has 2 amide bonds. The molecule has 148 valence electrons. The number of nitrogens with zero attached hydrogens (tertiary/aromatic N) is 4. The van der Waals surface area contributed by atoms with Crippen LogP contribution in [0, 0.1) is 5.82 Å². The van der Waals surface area contributed by atoms with Crippen LogP contribution in [0.15, 0.2) is 54.7 Å². The molecular weight excluding hydrogens is 397 g/mol. The summed E-state index contributed by atoms with van der Waals surface area (Å²) < 4.78 is 14.8. The Morgan fingerprint density at radius 3 is 2.72 bits per heavy atom. The molecule has 1 unspecified atom stereocenters. The number of carbonyl (C=O) groups is 2. The summed E-state index contributed by atoms with van der Waals surface area (Å²) in [7, 11) is 0. The van der Waals surface area contributed by atoms with Crippen LogP contribution in [0.1, 0.15) is 27.7 Å². The van der Waals surface area contributed by atoms with Crippen LogP contribution in [0.25, 0.3) is 0 Å². The van der Waals surface area contributed by atoms with Crippen LogP contribution in [-0.4, -0.2) is 44.8 Å². The normalized spacial score (nSPS) is 16.6. The minimum Gasteiger partial charge on any atom is -0.352 e. The summed E-state index contributed by atoms with van der Waals surface area (Å²) in [4.78, 5) is 26.9. The Morgan fingerprint density at radius 2 is 1.97 bits per heavy atom. The standard InChI is InChI=1S/C20H17ClFN5O2/c21-16-4-2-1-3-14(16)11-26-12-17(24-25-26)20(29)27-10-9-23-19(28)18(27)13-5-7-15(22)8-6-13/h1-8,12,18H,9-11H2,(H,23,28). The topological polar surface area (TPSA) is 80.1 Å². The molecule has 3 aromatic rings. The van der Waals surface area contributed by atoms with Crippen LogP contribution in [0.4, 0.5) is 4.39 Å². The number of hydrogen-bond acceptors (Lipinski definition) is 4. The first-order chi connectivity index (χ1) is 14.0. The van der Waals surface area contributed by atoms with Gasteiger partial charge in [-0.25, -0.2) is 9.07 Å². The Hall–Kier alpha value is -3.26. The first-order valence-electron chi connectivity index (χ1n) is 9.00. The first-order valence-corrected chi connectivity index (χ1v) is 9.38. The van der Waals surface area contributed by atoms with Gasteiger partial charge in [-0.2, -0.15) is 0 Å². The number of benzene rings is 2. The second kappa shape index (κ2) is 8.00. The highest BCUT2D eigenvalue weighted by atomic mass is 35.5. The highest BCUT2D eigenvalue weighted by molar-refractivity contribution is 6.31. The largest absolute Gasteiger partial charge is 0.352 e. The monoisotopic (exact) mass is 413 g/mol. The molecule has 4 rings (SSSR count).